The fraction of sp³-hybridized carbons (Fsp3) is 0.583. The molecule has 0 unspecified atom stereocenters. The Morgan fingerprint density at radius 2 is 1.67 bits per heavy atom. The van der Waals surface area contributed by atoms with Crippen LogP contribution in [0.1, 0.15) is 33.6 Å². The maximum absolute atomic E-state index is 11.8. The third-order valence-corrected chi connectivity index (χ3v) is 1.82. The van der Waals surface area contributed by atoms with Gasteiger partial charge < -0.3 is 10.5 Å². The van der Waals surface area contributed by atoms with Crippen LogP contribution < -0.4 is 5.73 Å². The Bertz CT molecular complexity index is 241. The van der Waals surface area contributed by atoms with E-state index in [1.165, 1.54) is 0 Å². The van der Waals surface area contributed by atoms with Gasteiger partial charge in [-0.05, 0) is 33.6 Å². The second kappa shape index (κ2) is 5.12. The lowest BCUT2D eigenvalue weighted by Gasteiger charge is -2.29. The van der Waals surface area contributed by atoms with Gasteiger partial charge in [0.1, 0.15) is 11.1 Å². The summed E-state index contributed by atoms with van der Waals surface area (Å²) in [6.45, 7) is 12.6. The maximum atomic E-state index is 11.8. The lowest BCUT2D eigenvalue weighted by Crippen LogP contribution is -2.50. The van der Waals surface area contributed by atoms with Crippen LogP contribution in [0.4, 0.5) is 0 Å². The Morgan fingerprint density at radius 3 is 1.93 bits per heavy atom. The predicted molar refractivity (Wildman–Crippen MR) is 62.4 cm³/mol. The van der Waals surface area contributed by atoms with Crippen molar-refractivity contribution in [1.29, 1.82) is 0 Å². The van der Waals surface area contributed by atoms with Crippen molar-refractivity contribution >= 4 is 5.97 Å². The van der Waals surface area contributed by atoms with Crippen molar-refractivity contribution in [2.75, 3.05) is 0 Å². The van der Waals surface area contributed by atoms with Gasteiger partial charge in [-0.15, -0.1) is 13.2 Å². The average molecular weight is 211 g/mol. The number of carbonyl (C=O) groups is 1. The molecule has 0 amide bonds. The van der Waals surface area contributed by atoms with Crippen LogP contribution in [0.5, 0.6) is 0 Å². The van der Waals surface area contributed by atoms with Crippen LogP contribution in [-0.4, -0.2) is 17.1 Å². The fourth-order valence-corrected chi connectivity index (χ4v) is 1.14. The minimum Gasteiger partial charge on any atom is -0.459 e. The van der Waals surface area contributed by atoms with Gasteiger partial charge in [0, 0.05) is 0 Å². The Morgan fingerprint density at radius 1 is 1.27 bits per heavy atom. The third kappa shape index (κ3) is 4.79. The molecule has 0 aliphatic heterocycles. The van der Waals surface area contributed by atoms with E-state index in [4.69, 9.17) is 10.5 Å². The first-order chi connectivity index (χ1) is 6.75. The van der Waals surface area contributed by atoms with Crippen LogP contribution in [0, 0.1) is 0 Å². The van der Waals surface area contributed by atoms with Crippen molar-refractivity contribution in [2.24, 2.45) is 5.73 Å². The average Bonchev–Trinajstić information content (AvgIpc) is 2.01. The van der Waals surface area contributed by atoms with Crippen LogP contribution in [-0.2, 0) is 9.53 Å². The molecular formula is C12H21NO2. The molecule has 0 bridgehead atoms. The Balaban J connectivity index is 4.69. The lowest BCUT2D eigenvalue weighted by atomic mass is 9.92. The Kier molecular flexibility index (Phi) is 4.75. The van der Waals surface area contributed by atoms with Crippen LogP contribution >= 0.6 is 0 Å². The van der Waals surface area contributed by atoms with Gasteiger partial charge in [0.15, 0.2) is 0 Å². The fourth-order valence-electron chi connectivity index (χ4n) is 1.14. The summed E-state index contributed by atoms with van der Waals surface area (Å²) in [5.41, 5.74) is 4.40. The second-order valence-corrected chi connectivity index (χ2v) is 4.64. The first-order valence-electron chi connectivity index (χ1n) is 4.99. The minimum atomic E-state index is -1.03. The van der Waals surface area contributed by atoms with Gasteiger partial charge in [0.05, 0.1) is 0 Å². The molecule has 0 aromatic carbocycles. The van der Waals surface area contributed by atoms with Gasteiger partial charge in [0.25, 0.3) is 0 Å². The van der Waals surface area contributed by atoms with Crippen molar-refractivity contribution in [1.82, 2.24) is 0 Å². The topological polar surface area (TPSA) is 52.3 Å². The van der Waals surface area contributed by atoms with Crippen molar-refractivity contribution < 1.29 is 9.53 Å². The van der Waals surface area contributed by atoms with E-state index in [2.05, 4.69) is 13.2 Å². The van der Waals surface area contributed by atoms with Crippen LogP contribution in [0.15, 0.2) is 25.3 Å². The molecular weight excluding hydrogens is 190 g/mol. The number of nitrogens with two attached hydrogens (primary N) is 1. The maximum Gasteiger partial charge on any atom is 0.327 e. The molecule has 0 aliphatic carbocycles. The molecule has 15 heavy (non-hydrogen) atoms. The summed E-state index contributed by atoms with van der Waals surface area (Å²) in [5.74, 6) is -0.408. The smallest absolute Gasteiger partial charge is 0.327 e. The minimum absolute atomic E-state index is 0.383. The predicted octanol–water partition coefficient (Wildman–Crippen LogP) is 2.18. The molecule has 0 aromatic rings. The Labute approximate surface area is 92.0 Å². The molecule has 0 aliphatic rings. The summed E-state index contributed by atoms with van der Waals surface area (Å²) < 4.78 is 5.25. The van der Waals surface area contributed by atoms with Gasteiger partial charge in [0.2, 0.25) is 0 Å². The molecule has 3 heteroatoms. The molecule has 86 valence electrons. The first kappa shape index (κ1) is 13.9. The summed E-state index contributed by atoms with van der Waals surface area (Å²) in [4.78, 5) is 11.8. The van der Waals surface area contributed by atoms with E-state index in [1.807, 2.05) is 20.8 Å². The van der Waals surface area contributed by atoms with E-state index in [0.29, 0.717) is 12.8 Å². The second-order valence-electron chi connectivity index (χ2n) is 4.64. The highest BCUT2D eigenvalue weighted by atomic mass is 16.6. The van der Waals surface area contributed by atoms with Gasteiger partial charge in [-0.1, -0.05) is 12.2 Å². The number of esters is 1. The number of rotatable bonds is 5. The van der Waals surface area contributed by atoms with Crippen molar-refractivity contribution in [3.63, 3.8) is 0 Å². The van der Waals surface area contributed by atoms with E-state index >= 15 is 0 Å². The molecule has 0 aromatic heterocycles. The van der Waals surface area contributed by atoms with E-state index in [-0.39, 0.29) is 0 Å². The Hall–Kier alpha value is -1.09. The largest absolute Gasteiger partial charge is 0.459 e. The van der Waals surface area contributed by atoms with Crippen LogP contribution in [0.2, 0.25) is 0 Å². The number of hydrogen-bond acceptors (Lipinski definition) is 3. The van der Waals surface area contributed by atoms with Crippen molar-refractivity contribution in [3.8, 4) is 0 Å². The molecule has 2 N–H and O–H groups in total. The summed E-state index contributed by atoms with van der Waals surface area (Å²) in [6, 6.07) is 0. The highest BCUT2D eigenvalue weighted by molar-refractivity contribution is 5.81. The molecule has 0 fully saturated rings. The van der Waals surface area contributed by atoms with Crippen LogP contribution in [0.25, 0.3) is 0 Å². The normalized spacial score (nSPS) is 12.0. The van der Waals surface area contributed by atoms with E-state index in [0.717, 1.165) is 0 Å². The highest BCUT2D eigenvalue weighted by Gasteiger charge is 2.35. The third-order valence-electron chi connectivity index (χ3n) is 1.82. The van der Waals surface area contributed by atoms with E-state index < -0.39 is 17.1 Å². The summed E-state index contributed by atoms with van der Waals surface area (Å²) in [6.07, 6.45) is 4.00. The van der Waals surface area contributed by atoms with Crippen molar-refractivity contribution in [3.05, 3.63) is 25.3 Å². The summed E-state index contributed by atoms with van der Waals surface area (Å²) in [7, 11) is 0. The highest BCUT2D eigenvalue weighted by Crippen LogP contribution is 2.19. The molecule has 0 heterocycles. The van der Waals surface area contributed by atoms with Gasteiger partial charge >= 0.3 is 5.97 Å². The lowest BCUT2D eigenvalue weighted by molar-refractivity contribution is -0.161. The standard InChI is InChI=1S/C12H21NO2/c1-6-8-12(13,9-7-2)10(14)15-11(3,4)5/h6-7H,1-2,8-9,13H2,3-5H3. The summed E-state index contributed by atoms with van der Waals surface area (Å²) >= 11 is 0. The zero-order chi connectivity index (χ0) is 12.1. The number of carbonyl (C=O) groups excluding carboxylic acids is 1. The molecule has 0 atom stereocenters. The van der Waals surface area contributed by atoms with E-state index in [1.54, 1.807) is 12.2 Å². The van der Waals surface area contributed by atoms with Gasteiger partial charge in [-0.25, -0.2) is 0 Å². The first-order valence-corrected chi connectivity index (χ1v) is 4.99. The monoisotopic (exact) mass is 211 g/mol. The van der Waals surface area contributed by atoms with Crippen molar-refractivity contribution in [2.45, 2.75) is 44.8 Å². The van der Waals surface area contributed by atoms with Gasteiger partial charge in [-0.2, -0.15) is 0 Å². The van der Waals surface area contributed by atoms with Gasteiger partial charge in [-0.3, -0.25) is 4.79 Å². The zero-order valence-corrected chi connectivity index (χ0v) is 9.88. The van der Waals surface area contributed by atoms with E-state index in [9.17, 15) is 4.79 Å². The molecule has 0 saturated heterocycles. The molecule has 3 nitrogen and oxygen atoms in total. The number of ether oxygens (including phenoxy) is 1. The molecule has 0 spiro atoms. The molecule has 0 radical (unpaired) electrons. The quantitative estimate of drug-likeness (QED) is 0.560. The summed E-state index contributed by atoms with van der Waals surface area (Å²) in [5, 5.41) is 0. The zero-order valence-electron chi connectivity index (χ0n) is 9.88. The number of hydrogen-bond donors (Lipinski definition) is 1. The molecule has 0 saturated carbocycles. The SMILES string of the molecule is C=CCC(N)(CC=C)C(=O)OC(C)(C)C. The van der Waals surface area contributed by atoms with Crippen LogP contribution in [0.3, 0.4) is 0 Å². The molecule has 0 rings (SSSR count).